The number of rotatable bonds is 4. The third kappa shape index (κ3) is 4.25. The zero-order chi connectivity index (χ0) is 21.1. The van der Waals surface area contributed by atoms with E-state index in [2.05, 4.69) is 14.9 Å². The van der Waals surface area contributed by atoms with E-state index in [1.807, 2.05) is 49.1 Å². The highest BCUT2D eigenvalue weighted by atomic mass is 19.1. The SMILES string of the molecule is Cc1ccc(F)c(Oc2cc(N3CCN(C(=O)c4ccccc4)[C@@H](C)C3)ncn2)c1. The van der Waals surface area contributed by atoms with Crippen LogP contribution in [0.4, 0.5) is 10.2 Å². The molecule has 1 atom stereocenters. The van der Waals surface area contributed by atoms with Crippen LogP contribution in [-0.2, 0) is 0 Å². The summed E-state index contributed by atoms with van der Waals surface area (Å²) >= 11 is 0. The molecule has 2 aromatic carbocycles. The fraction of sp³-hybridized carbons (Fsp3) is 0.261. The van der Waals surface area contributed by atoms with Gasteiger partial charge in [0.15, 0.2) is 11.6 Å². The van der Waals surface area contributed by atoms with Crippen LogP contribution < -0.4 is 9.64 Å². The van der Waals surface area contributed by atoms with Gasteiger partial charge in [0.2, 0.25) is 5.88 Å². The first kappa shape index (κ1) is 19.8. The lowest BCUT2D eigenvalue weighted by Gasteiger charge is -2.40. The number of hydrogen-bond acceptors (Lipinski definition) is 5. The van der Waals surface area contributed by atoms with E-state index in [4.69, 9.17) is 4.74 Å². The van der Waals surface area contributed by atoms with Gasteiger partial charge in [-0.25, -0.2) is 14.4 Å². The van der Waals surface area contributed by atoms with E-state index in [-0.39, 0.29) is 23.6 Å². The minimum Gasteiger partial charge on any atom is -0.436 e. The number of piperazine rings is 1. The Kier molecular flexibility index (Phi) is 5.61. The topological polar surface area (TPSA) is 58.6 Å². The molecule has 1 aliphatic rings. The number of carbonyl (C=O) groups excluding carboxylic acids is 1. The lowest BCUT2D eigenvalue weighted by molar-refractivity contribution is 0.0673. The van der Waals surface area contributed by atoms with Gasteiger partial charge in [-0.2, -0.15) is 0 Å². The van der Waals surface area contributed by atoms with Crippen LogP contribution in [0.25, 0.3) is 0 Å². The maximum Gasteiger partial charge on any atom is 0.254 e. The van der Waals surface area contributed by atoms with Crippen LogP contribution in [0, 0.1) is 12.7 Å². The molecule has 7 heteroatoms. The van der Waals surface area contributed by atoms with Gasteiger partial charge in [0.1, 0.15) is 12.1 Å². The molecule has 4 rings (SSSR count). The molecule has 0 bridgehead atoms. The summed E-state index contributed by atoms with van der Waals surface area (Å²) in [6.45, 7) is 5.75. The van der Waals surface area contributed by atoms with Crippen molar-refractivity contribution in [2.45, 2.75) is 19.9 Å². The molecule has 30 heavy (non-hydrogen) atoms. The van der Waals surface area contributed by atoms with Crippen molar-refractivity contribution >= 4 is 11.7 Å². The Hall–Kier alpha value is -3.48. The van der Waals surface area contributed by atoms with Crippen LogP contribution >= 0.6 is 0 Å². The standard InChI is InChI=1S/C23H23FN4O2/c1-16-8-9-19(24)20(12-16)30-22-13-21(25-15-26-22)27-10-11-28(17(2)14-27)23(29)18-6-4-3-5-7-18/h3-9,12-13,15,17H,10-11,14H2,1-2H3/t17-/m0/s1. The summed E-state index contributed by atoms with van der Waals surface area (Å²) in [4.78, 5) is 25.2. The second-order valence-electron chi connectivity index (χ2n) is 7.41. The summed E-state index contributed by atoms with van der Waals surface area (Å²) in [5.74, 6) is 0.685. The molecular weight excluding hydrogens is 383 g/mol. The van der Waals surface area contributed by atoms with Crippen molar-refractivity contribution in [2.24, 2.45) is 0 Å². The van der Waals surface area contributed by atoms with E-state index < -0.39 is 5.82 Å². The predicted octanol–water partition coefficient (Wildman–Crippen LogP) is 4.07. The van der Waals surface area contributed by atoms with Crippen LogP contribution in [0.1, 0.15) is 22.8 Å². The Morgan fingerprint density at radius 2 is 1.90 bits per heavy atom. The van der Waals surface area contributed by atoms with Crippen molar-refractivity contribution < 1.29 is 13.9 Å². The summed E-state index contributed by atoms with van der Waals surface area (Å²) < 4.78 is 19.7. The quantitative estimate of drug-likeness (QED) is 0.654. The van der Waals surface area contributed by atoms with Crippen molar-refractivity contribution in [1.82, 2.24) is 14.9 Å². The van der Waals surface area contributed by atoms with Gasteiger partial charge in [0, 0.05) is 37.3 Å². The monoisotopic (exact) mass is 406 g/mol. The molecule has 0 saturated carbocycles. The Balaban J connectivity index is 1.46. The van der Waals surface area contributed by atoms with Crippen LogP contribution in [0.15, 0.2) is 60.9 Å². The molecule has 3 aromatic rings. The first-order valence-electron chi connectivity index (χ1n) is 9.88. The van der Waals surface area contributed by atoms with E-state index in [0.717, 1.165) is 5.56 Å². The maximum absolute atomic E-state index is 14.0. The summed E-state index contributed by atoms with van der Waals surface area (Å²) in [6, 6.07) is 15.7. The smallest absolute Gasteiger partial charge is 0.254 e. The molecule has 0 aliphatic carbocycles. The normalized spacial score (nSPS) is 16.4. The molecule has 0 spiro atoms. The third-order valence-electron chi connectivity index (χ3n) is 5.16. The minimum absolute atomic E-state index is 0.0139. The molecule has 1 aromatic heterocycles. The molecule has 6 nitrogen and oxygen atoms in total. The largest absolute Gasteiger partial charge is 0.436 e. The van der Waals surface area contributed by atoms with E-state index >= 15 is 0 Å². The number of hydrogen-bond donors (Lipinski definition) is 0. The molecule has 0 unspecified atom stereocenters. The van der Waals surface area contributed by atoms with E-state index in [0.29, 0.717) is 31.0 Å². The highest BCUT2D eigenvalue weighted by Crippen LogP contribution is 2.27. The number of benzene rings is 2. The first-order chi connectivity index (χ1) is 14.5. The van der Waals surface area contributed by atoms with Crippen LogP contribution in [0.5, 0.6) is 11.6 Å². The summed E-state index contributed by atoms with van der Waals surface area (Å²) in [5.41, 5.74) is 1.59. The Morgan fingerprint density at radius 1 is 1.10 bits per heavy atom. The minimum atomic E-state index is -0.442. The van der Waals surface area contributed by atoms with Gasteiger partial charge in [-0.1, -0.05) is 24.3 Å². The van der Waals surface area contributed by atoms with Gasteiger partial charge in [0.05, 0.1) is 0 Å². The molecule has 154 valence electrons. The number of amides is 1. The predicted molar refractivity (Wildman–Crippen MR) is 112 cm³/mol. The van der Waals surface area contributed by atoms with Crippen molar-refractivity contribution in [3.63, 3.8) is 0 Å². The number of halogens is 1. The molecule has 1 fully saturated rings. The number of aromatic nitrogens is 2. The Morgan fingerprint density at radius 3 is 2.67 bits per heavy atom. The third-order valence-corrected chi connectivity index (χ3v) is 5.16. The number of anilines is 1. The summed E-state index contributed by atoms with van der Waals surface area (Å²) in [6.07, 6.45) is 1.41. The fourth-order valence-electron chi connectivity index (χ4n) is 3.57. The highest BCUT2D eigenvalue weighted by Gasteiger charge is 2.29. The van der Waals surface area contributed by atoms with Gasteiger partial charge < -0.3 is 14.5 Å². The zero-order valence-corrected chi connectivity index (χ0v) is 17.0. The zero-order valence-electron chi connectivity index (χ0n) is 17.0. The van der Waals surface area contributed by atoms with Gasteiger partial charge in [0.25, 0.3) is 5.91 Å². The van der Waals surface area contributed by atoms with Gasteiger partial charge in [-0.15, -0.1) is 0 Å². The van der Waals surface area contributed by atoms with Crippen molar-refractivity contribution in [1.29, 1.82) is 0 Å². The molecule has 0 radical (unpaired) electrons. The van der Waals surface area contributed by atoms with Crippen LogP contribution in [-0.4, -0.2) is 46.5 Å². The van der Waals surface area contributed by atoms with E-state index in [1.165, 1.54) is 12.4 Å². The number of nitrogens with zero attached hydrogens (tertiary/aromatic N) is 4. The molecule has 1 amide bonds. The van der Waals surface area contributed by atoms with Crippen molar-refractivity contribution in [2.75, 3.05) is 24.5 Å². The van der Waals surface area contributed by atoms with Crippen LogP contribution in [0.3, 0.4) is 0 Å². The van der Waals surface area contributed by atoms with E-state index in [1.54, 1.807) is 18.2 Å². The second kappa shape index (κ2) is 8.49. The second-order valence-corrected chi connectivity index (χ2v) is 7.41. The number of ether oxygens (including phenoxy) is 1. The van der Waals surface area contributed by atoms with Gasteiger partial charge >= 0.3 is 0 Å². The molecular formula is C23H23FN4O2. The summed E-state index contributed by atoms with van der Waals surface area (Å²) in [5, 5.41) is 0. The molecule has 1 aliphatic heterocycles. The number of carbonyl (C=O) groups is 1. The highest BCUT2D eigenvalue weighted by molar-refractivity contribution is 5.94. The molecule has 1 saturated heterocycles. The maximum atomic E-state index is 14.0. The van der Waals surface area contributed by atoms with Crippen molar-refractivity contribution in [3.05, 3.63) is 77.9 Å². The average Bonchev–Trinajstić information content (AvgIpc) is 2.76. The van der Waals surface area contributed by atoms with Gasteiger partial charge in [-0.3, -0.25) is 4.79 Å². The number of aryl methyl sites for hydroxylation is 1. The first-order valence-corrected chi connectivity index (χ1v) is 9.88. The average molecular weight is 406 g/mol. The fourth-order valence-corrected chi connectivity index (χ4v) is 3.57. The lowest BCUT2D eigenvalue weighted by Crippen LogP contribution is -2.54. The van der Waals surface area contributed by atoms with Gasteiger partial charge in [-0.05, 0) is 43.7 Å². The van der Waals surface area contributed by atoms with E-state index in [9.17, 15) is 9.18 Å². The summed E-state index contributed by atoms with van der Waals surface area (Å²) in [7, 11) is 0. The Bertz CT molecular complexity index is 1040. The van der Waals surface area contributed by atoms with Crippen molar-refractivity contribution in [3.8, 4) is 11.6 Å². The molecule has 0 N–H and O–H groups in total. The van der Waals surface area contributed by atoms with Crippen LogP contribution in [0.2, 0.25) is 0 Å². The Labute approximate surface area is 174 Å². The molecule has 2 heterocycles. The lowest BCUT2D eigenvalue weighted by atomic mass is 10.1.